The van der Waals surface area contributed by atoms with Crippen molar-refractivity contribution in [3.8, 4) is 0 Å². The van der Waals surface area contributed by atoms with Gasteiger partial charge in [-0.25, -0.2) is 0 Å². The van der Waals surface area contributed by atoms with Gasteiger partial charge in [0.05, 0.1) is 6.10 Å². The Labute approximate surface area is 163 Å². The van der Waals surface area contributed by atoms with Crippen molar-refractivity contribution in [3.63, 3.8) is 0 Å². The Morgan fingerprint density at radius 1 is 1.19 bits per heavy atom. The molecule has 3 atom stereocenters. The van der Waals surface area contributed by atoms with Crippen LogP contribution in [0.5, 0.6) is 0 Å². The lowest BCUT2D eigenvalue weighted by Gasteiger charge is -2.33. The van der Waals surface area contributed by atoms with Gasteiger partial charge in [-0.2, -0.15) is 0 Å². The molecule has 1 aromatic carbocycles. The summed E-state index contributed by atoms with van der Waals surface area (Å²) in [6, 6.07) is 6.60. The van der Waals surface area contributed by atoms with Crippen LogP contribution in [0.25, 0.3) is 0 Å². The molecule has 0 radical (unpaired) electrons. The Bertz CT molecular complexity index is 608. The molecule has 0 aliphatic heterocycles. The van der Waals surface area contributed by atoms with Gasteiger partial charge in [0.2, 0.25) is 5.91 Å². The summed E-state index contributed by atoms with van der Waals surface area (Å²) in [7, 11) is 0. The van der Waals surface area contributed by atoms with E-state index in [9.17, 15) is 9.90 Å². The van der Waals surface area contributed by atoms with Crippen molar-refractivity contribution in [1.29, 1.82) is 0 Å². The lowest BCUT2D eigenvalue weighted by molar-refractivity contribution is -0.127. The van der Waals surface area contributed by atoms with E-state index in [4.69, 9.17) is 5.73 Å². The zero-order valence-corrected chi connectivity index (χ0v) is 16.8. The van der Waals surface area contributed by atoms with Crippen molar-refractivity contribution in [3.05, 3.63) is 34.9 Å². The Morgan fingerprint density at radius 3 is 2.38 bits per heavy atom. The second kappa shape index (κ2) is 8.73. The van der Waals surface area contributed by atoms with E-state index in [1.165, 1.54) is 29.5 Å². The lowest BCUT2D eigenvalue weighted by atomic mass is 9.77. The average molecular weight is 381 g/mol. The number of benzene rings is 1. The lowest BCUT2D eigenvalue weighted by Crippen LogP contribution is -2.46. The van der Waals surface area contributed by atoms with Gasteiger partial charge in [-0.3, -0.25) is 4.79 Å². The number of aliphatic hydroxyl groups excluding tert-OH is 1. The number of aliphatic hydroxyl groups is 1. The first kappa shape index (κ1) is 21.2. The van der Waals surface area contributed by atoms with Crippen molar-refractivity contribution in [2.24, 2.45) is 11.7 Å². The molecule has 26 heavy (non-hydrogen) atoms. The van der Waals surface area contributed by atoms with E-state index < -0.39 is 6.10 Å². The molecule has 0 bridgehead atoms. The molecular weight excluding hydrogens is 348 g/mol. The molecular formula is C21H33ClN2O2. The summed E-state index contributed by atoms with van der Waals surface area (Å²) >= 11 is 0. The van der Waals surface area contributed by atoms with E-state index >= 15 is 0 Å². The Hall–Kier alpha value is -1.10. The van der Waals surface area contributed by atoms with Crippen LogP contribution in [-0.2, 0) is 10.2 Å². The molecule has 0 heterocycles. The van der Waals surface area contributed by atoms with Crippen molar-refractivity contribution < 1.29 is 9.90 Å². The first-order valence-corrected chi connectivity index (χ1v) is 9.70. The normalized spacial score (nSPS) is 27.6. The maximum Gasteiger partial charge on any atom is 0.223 e. The topological polar surface area (TPSA) is 75.4 Å². The monoisotopic (exact) mass is 380 g/mol. The summed E-state index contributed by atoms with van der Waals surface area (Å²) in [6.45, 7) is 4.99. The van der Waals surface area contributed by atoms with E-state index in [0.717, 1.165) is 25.7 Å². The van der Waals surface area contributed by atoms with Crippen molar-refractivity contribution in [1.82, 2.24) is 5.32 Å². The van der Waals surface area contributed by atoms with E-state index in [0.29, 0.717) is 13.0 Å². The van der Waals surface area contributed by atoms with Crippen molar-refractivity contribution >= 4 is 18.3 Å². The van der Waals surface area contributed by atoms with Crippen LogP contribution in [0.1, 0.15) is 61.6 Å². The number of carbonyl (C=O) groups excluding carboxylic acids is 1. The Balaban J connectivity index is 0.00000243. The number of rotatable bonds is 4. The van der Waals surface area contributed by atoms with Crippen LogP contribution in [0.2, 0.25) is 0 Å². The summed E-state index contributed by atoms with van der Waals surface area (Å²) in [6.07, 6.45) is 6.15. The molecule has 0 saturated heterocycles. The van der Waals surface area contributed by atoms with Crippen LogP contribution >= 0.6 is 12.4 Å². The van der Waals surface area contributed by atoms with Gasteiger partial charge in [-0.15, -0.1) is 12.4 Å². The minimum atomic E-state index is -0.552. The zero-order valence-electron chi connectivity index (χ0n) is 16.0. The van der Waals surface area contributed by atoms with Gasteiger partial charge in [0.25, 0.3) is 0 Å². The molecule has 5 heteroatoms. The number of nitrogens with one attached hydrogen (secondary N) is 1. The summed E-state index contributed by atoms with van der Waals surface area (Å²) in [5.41, 5.74) is 9.87. The van der Waals surface area contributed by atoms with Gasteiger partial charge < -0.3 is 16.2 Å². The molecule has 2 aliphatic carbocycles. The van der Waals surface area contributed by atoms with Crippen LogP contribution in [0, 0.1) is 19.8 Å². The number of hydrogen-bond acceptors (Lipinski definition) is 3. The van der Waals surface area contributed by atoms with Gasteiger partial charge in [0.1, 0.15) is 0 Å². The van der Waals surface area contributed by atoms with Gasteiger partial charge in [-0.1, -0.05) is 42.2 Å². The van der Waals surface area contributed by atoms with Gasteiger partial charge in [0, 0.05) is 23.9 Å². The minimum absolute atomic E-state index is 0. The third-order valence-electron chi connectivity index (χ3n) is 6.24. The zero-order chi connectivity index (χ0) is 18.0. The summed E-state index contributed by atoms with van der Waals surface area (Å²) < 4.78 is 0. The fourth-order valence-electron chi connectivity index (χ4n) is 4.71. The predicted octanol–water partition coefficient (Wildman–Crippen LogP) is 3.14. The van der Waals surface area contributed by atoms with E-state index in [1.54, 1.807) is 0 Å². The van der Waals surface area contributed by atoms with Gasteiger partial charge in [0.15, 0.2) is 0 Å². The van der Waals surface area contributed by atoms with Crippen LogP contribution in [0.15, 0.2) is 18.2 Å². The molecule has 146 valence electrons. The highest BCUT2D eigenvalue weighted by molar-refractivity contribution is 5.85. The number of hydrogen-bond donors (Lipinski definition) is 3. The molecule has 2 saturated carbocycles. The first-order valence-electron chi connectivity index (χ1n) is 9.70. The van der Waals surface area contributed by atoms with Crippen LogP contribution < -0.4 is 11.1 Å². The minimum Gasteiger partial charge on any atom is -0.391 e. The second-order valence-corrected chi connectivity index (χ2v) is 8.32. The maximum absolute atomic E-state index is 12.7. The van der Waals surface area contributed by atoms with Crippen LogP contribution in [0.4, 0.5) is 0 Å². The summed E-state index contributed by atoms with van der Waals surface area (Å²) in [5, 5.41) is 13.2. The summed E-state index contributed by atoms with van der Waals surface area (Å²) in [5.74, 6) is -0.0194. The molecule has 4 N–H and O–H groups in total. The van der Waals surface area contributed by atoms with E-state index in [-0.39, 0.29) is 35.7 Å². The van der Waals surface area contributed by atoms with Crippen LogP contribution in [-0.4, -0.2) is 29.7 Å². The molecule has 3 rings (SSSR count). The quantitative estimate of drug-likeness (QED) is 0.751. The summed E-state index contributed by atoms with van der Waals surface area (Å²) in [4.78, 5) is 12.7. The first-order chi connectivity index (χ1) is 11.9. The maximum atomic E-state index is 12.7. The SMILES string of the molecule is Cc1cc(C)cc(C2(CNC(=O)[C@H]3CC[C@H](N)[C@@H](O)C3)CCCC2)c1.Cl. The predicted molar refractivity (Wildman–Crippen MR) is 108 cm³/mol. The highest BCUT2D eigenvalue weighted by Crippen LogP contribution is 2.41. The standard InChI is InChI=1S/C21H32N2O2.ClH/c1-14-9-15(2)11-17(10-14)21(7-3-4-8-21)13-23-20(25)16-5-6-18(22)19(24)12-16;/h9-11,16,18-19,24H,3-8,12-13,22H2,1-2H3,(H,23,25);1H/t16-,18-,19-;/m0./s1. The smallest absolute Gasteiger partial charge is 0.223 e. The molecule has 0 spiro atoms. The van der Waals surface area contributed by atoms with Crippen molar-refractivity contribution in [2.75, 3.05) is 6.54 Å². The van der Waals surface area contributed by atoms with E-state index in [2.05, 4.69) is 37.4 Å². The fourth-order valence-corrected chi connectivity index (χ4v) is 4.71. The highest BCUT2D eigenvalue weighted by Gasteiger charge is 2.37. The third kappa shape index (κ3) is 4.59. The second-order valence-electron chi connectivity index (χ2n) is 8.32. The highest BCUT2D eigenvalue weighted by atomic mass is 35.5. The molecule has 1 aromatic rings. The fraction of sp³-hybridized carbons (Fsp3) is 0.667. The number of aryl methyl sites for hydroxylation is 2. The molecule has 4 nitrogen and oxygen atoms in total. The number of halogens is 1. The molecule has 2 fully saturated rings. The third-order valence-corrected chi connectivity index (χ3v) is 6.24. The molecule has 2 aliphatic rings. The molecule has 0 aromatic heterocycles. The van der Waals surface area contributed by atoms with Gasteiger partial charge >= 0.3 is 0 Å². The van der Waals surface area contributed by atoms with Crippen LogP contribution in [0.3, 0.4) is 0 Å². The number of carbonyl (C=O) groups is 1. The molecule has 0 unspecified atom stereocenters. The number of nitrogens with two attached hydrogens (primary N) is 1. The van der Waals surface area contributed by atoms with E-state index in [1.807, 2.05) is 0 Å². The molecule has 1 amide bonds. The van der Waals surface area contributed by atoms with Gasteiger partial charge in [-0.05, 0) is 51.5 Å². The largest absolute Gasteiger partial charge is 0.391 e. The van der Waals surface area contributed by atoms with Crippen molar-refractivity contribution in [2.45, 2.75) is 76.4 Å². The Morgan fingerprint density at radius 2 is 1.81 bits per heavy atom. The Kier molecular flexibility index (Phi) is 7.12. The number of amides is 1. The average Bonchev–Trinajstić information content (AvgIpc) is 3.04.